The van der Waals surface area contributed by atoms with Gasteiger partial charge in [-0.25, -0.2) is 18.7 Å². The van der Waals surface area contributed by atoms with Crippen molar-refractivity contribution in [3.63, 3.8) is 0 Å². The summed E-state index contributed by atoms with van der Waals surface area (Å²) in [5.41, 5.74) is 1.54. The lowest BCUT2D eigenvalue weighted by molar-refractivity contribution is -0.274. The van der Waals surface area contributed by atoms with Gasteiger partial charge in [-0.15, -0.1) is 13.2 Å². The molecule has 2 heterocycles. The van der Waals surface area contributed by atoms with Gasteiger partial charge in [-0.05, 0) is 75.4 Å². The molecule has 220 valence electrons. The average Bonchev–Trinajstić information content (AvgIpc) is 2.93. The summed E-state index contributed by atoms with van der Waals surface area (Å²) in [4.78, 5) is 18.6. The first kappa shape index (κ1) is 30.1. The maximum absolute atomic E-state index is 13.7. The molecule has 2 aromatic carbocycles. The summed E-state index contributed by atoms with van der Waals surface area (Å²) < 4.78 is 81.0. The van der Waals surface area contributed by atoms with Gasteiger partial charge in [-0.2, -0.15) is 4.31 Å². The zero-order chi connectivity index (χ0) is 29.0. The van der Waals surface area contributed by atoms with E-state index in [1.807, 2.05) is 0 Å². The number of piperidine rings is 1. The number of nitrogens with one attached hydrogen (secondary N) is 1. The molecule has 4 rings (SSSR count). The highest BCUT2D eigenvalue weighted by molar-refractivity contribution is 7.89. The van der Waals surface area contributed by atoms with Crippen LogP contribution in [0, 0.1) is 0 Å². The molecule has 0 bridgehead atoms. The van der Waals surface area contributed by atoms with Crippen LogP contribution < -0.4 is 15.0 Å². The van der Waals surface area contributed by atoms with Crippen LogP contribution in [0.4, 0.5) is 13.2 Å². The van der Waals surface area contributed by atoms with E-state index in [-0.39, 0.29) is 29.8 Å². The molecule has 9 nitrogen and oxygen atoms in total. The maximum Gasteiger partial charge on any atom is 0.573 e. The Hall–Kier alpha value is -2.87. The molecule has 1 N–H and O–H groups in total. The first-order valence-electron chi connectivity index (χ1n) is 13.1. The highest BCUT2D eigenvalue weighted by Gasteiger charge is 2.39. The van der Waals surface area contributed by atoms with Crippen molar-refractivity contribution in [1.82, 2.24) is 9.79 Å². The lowest BCUT2D eigenvalue weighted by Gasteiger charge is -2.33. The topological polar surface area (TPSA) is 103 Å². The predicted octanol–water partition coefficient (Wildman–Crippen LogP) is 4.67. The predicted molar refractivity (Wildman–Crippen MR) is 138 cm³/mol. The monoisotopic (exact) mass is 586 g/mol. The molecule has 0 aliphatic carbocycles. The number of hydrogen-bond donors (Lipinski definition) is 1. The van der Waals surface area contributed by atoms with Crippen molar-refractivity contribution >= 4 is 15.9 Å². The highest BCUT2D eigenvalue weighted by atomic mass is 32.2. The van der Waals surface area contributed by atoms with Gasteiger partial charge in [0.2, 0.25) is 10.0 Å². The first-order chi connectivity index (χ1) is 18.9. The van der Waals surface area contributed by atoms with Crippen molar-refractivity contribution < 1.29 is 45.4 Å². The fourth-order valence-corrected chi connectivity index (χ4v) is 6.44. The van der Waals surface area contributed by atoms with Crippen LogP contribution in [0.25, 0.3) is 0 Å². The van der Waals surface area contributed by atoms with Crippen molar-refractivity contribution in [3.05, 3.63) is 54.1 Å². The lowest BCUT2D eigenvalue weighted by atomic mass is 9.84. The largest absolute Gasteiger partial charge is 0.573 e. The Morgan fingerprint density at radius 1 is 0.975 bits per heavy atom. The minimum Gasteiger partial charge on any atom is -0.490 e. The molecule has 13 heteroatoms. The average molecular weight is 587 g/mol. The van der Waals surface area contributed by atoms with Gasteiger partial charge in [0.1, 0.15) is 17.6 Å². The SMILES string of the molecule is CC(C)(C(=O)NOC1CCCCO1)c1ccccc1S(=O)(=O)N1CCC(Oc2ccc(OC(F)(F)F)cc2)CC1. The summed E-state index contributed by atoms with van der Waals surface area (Å²) in [6, 6.07) is 11.5. The van der Waals surface area contributed by atoms with Gasteiger partial charge in [0.25, 0.3) is 5.91 Å². The molecule has 2 fully saturated rings. The van der Waals surface area contributed by atoms with E-state index < -0.39 is 34.0 Å². The first-order valence-corrected chi connectivity index (χ1v) is 14.5. The van der Waals surface area contributed by atoms with Crippen LogP contribution in [0.2, 0.25) is 0 Å². The van der Waals surface area contributed by atoms with Gasteiger partial charge < -0.3 is 14.2 Å². The smallest absolute Gasteiger partial charge is 0.490 e. The van der Waals surface area contributed by atoms with E-state index in [1.165, 1.54) is 22.5 Å². The molecule has 1 unspecified atom stereocenters. The van der Waals surface area contributed by atoms with Gasteiger partial charge in [0.15, 0.2) is 6.29 Å². The molecule has 40 heavy (non-hydrogen) atoms. The standard InChI is InChI=1S/C27H33F3N2O7S/c1-26(2,25(33)31-39-24-9-5-6-18-36-24)22-7-3-4-8-23(22)40(34,35)32-16-14-20(15-17-32)37-19-10-12-21(13-11-19)38-27(28,29)30/h3-4,7-8,10-13,20,24H,5-6,9,14-18H2,1-2H3,(H,31,33). The molecule has 2 saturated heterocycles. The molecular formula is C27H33F3N2O7S. The second-order valence-electron chi connectivity index (χ2n) is 10.2. The number of sulfonamides is 1. The summed E-state index contributed by atoms with van der Waals surface area (Å²) in [6.45, 7) is 4.16. The summed E-state index contributed by atoms with van der Waals surface area (Å²) in [5, 5.41) is 0. The van der Waals surface area contributed by atoms with E-state index in [4.69, 9.17) is 14.3 Å². The van der Waals surface area contributed by atoms with Crippen LogP contribution in [0.1, 0.15) is 51.5 Å². The Balaban J connectivity index is 1.39. The minimum absolute atomic E-state index is 0.0312. The summed E-state index contributed by atoms with van der Waals surface area (Å²) in [6.07, 6.45) is -2.38. The van der Waals surface area contributed by atoms with Crippen molar-refractivity contribution in [2.24, 2.45) is 0 Å². The van der Waals surface area contributed by atoms with Crippen LogP contribution in [0.15, 0.2) is 53.4 Å². The van der Waals surface area contributed by atoms with E-state index in [2.05, 4.69) is 10.2 Å². The van der Waals surface area contributed by atoms with Crippen molar-refractivity contribution in [2.75, 3.05) is 19.7 Å². The molecule has 1 amide bonds. The van der Waals surface area contributed by atoms with Gasteiger partial charge in [0, 0.05) is 26.1 Å². The molecule has 1 atom stereocenters. The lowest BCUT2D eigenvalue weighted by Crippen LogP contribution is -2.45. The molecule has 0 saturated carbocycles. The number of benzene rings is 2. The van der Waals surface area contributed by atoms with Crippen LogP contribution in [0.5, 0.6) is 11.5 Å². The Labute approximate surface area is 231 Å². The summed E-state index contributed by atoms with van der Waals surface area (Å²) in [5.74, 6) is -0.497. The normalized spacial score (nSPS) is 19.7. The number of hydrogen-bond acceptors (Lipinski definition) is 7. The molecule has 2 aliphatic heterocycles. The van der Waals surface area contributed by atoms with Crippen LogP contribution >= 0.6 is 0 Å². The fourth-order valence-electron chi connectivity index (χ4n) is 4.62. The number of rotatable bonds is 9. The van der Waals surface area contributed by atoms with Crippen LogP contribution in [-0.4, -0.2) is 57.1 Å². The Morgan fingerprint density at radius 2 is 1.62 bits per heavy atom. The Bertz CT molecular complexity index is 1260. The fraction of sp³-hybridized carbons (Fsp3) is 0.519. The third kappa shape index (κ3) is 7.45. The van der Waals surface area contributed by atoms with Crippen molar-refractivity contribution in [3.8, 4) is 11.5 Å². The van der Waals surface area contributed by atoms with E-state index in [0.717, 1.165) is 25.0 Å². The quantitative estimate of drug-likeness (QED) is 0.426. The molecule has 2 aromatic rings. The van der Waals surface area contributed by atoms with Gasteiger partial charge in [-0.3, -0.25) is 4.79 Å². The minimum atomic E-state index is -4.78. The molecular weight excluding hydrogens is 553 g/mol. The number of ether oxygens (including phenoxy) is 3. The van der Waals surface area contributed by atoms with Gasteiger partial charge in [0.05, 0.1) is 10.3 Å². The number of amides is 1. The number of hydroxylamine groups is 1. The number of alkyl halides is 3. The number of nitrogens with zero attached hydrogens (tertiary/aromatic N) is 1. The Morgan fingerprint density at radius 3 is 2.25 bits per heavy atom. The van der Waals surface area contributed by atoms with E-state index in [9.17, 15) is 26.4 Å². The number of carbonyl (C=O) groups is 1. The van der Waals surface area contributed by atoms with Gasteiger partial charge in [-0.1, -0.05) is 18.2 Å². The third-order valence-electron chi connectivity index (χ3n) is 6.93. The molecule has 0 spiro atoms. The second kappa shape index (κ2) is 12.3. The van der Waals surface area contributed by atoms with Crippen molar-refractivity contribution in [2.45, 2.75) is 75.0 Å². The summed E-state index contributed by atoms with van der Waals surface area (Å²) >= 11 is 0. The van der Waals surface area contributed by atoms with Crippen LogP contribution in [-0.2, 0) is 29.8 Å². The molecule has 2 aliphatic rings. The summed E-state index contributed by atoms with van der Waals surface area (Å²) in [7, 11) is -3.95. The third-order valence-corrected chi connectivity index (χ3v) is 8.88. The van der Waals surface area contributed by atoms with Gasteiger partial charge >= 0.3 is 6.36 Å². The molecule has 0 aromatic heterocycles. The number of carbonyl (C=O) groups excluding carboxylic acids is 1. The Kier molecular flexibility index (Phi) is 9.28. The van der Waals surface area contributed by atoms with Crippen molar-refractivity contribution in [1.29, 1.82) is 0 Å². The zero-order valence-corrected chi connectivity index (χ0v) is 23.1. The van der Waals surface area contributed by atoms with E-state index >= 15 is 0 Å². The number of halogens is 3. The molecule has 0 radical (unpaired) electrons. The zero-order valence-electron chi connectivity index (χ0n) is 22.3. The van der Waals surface area contributed by atoms with Crippen LogP contribution in [0.3, 0.4) is 0 Å². The maximum atomic E-state index is 13.7. The second-order valence-corrected chi connectivity index (χ2v) is 12.1. The van der Waals surface area contributed by atoms with E-state index in [1.54, 1.807) is 32.0 Å². The highest BCUT2D eigenvalue weighted by Crippen LogP contribution is 2.33. The van der Waals surface area contributed by atoms with E-state index in [0.29, 0.717) is 37.2 Å².